The van der Waals surface area contributed by atoms with Crippen LogP contribution in [0, 0.1) is 0 Å². The second-order valence-electron chi connectivity index (χ2n) is 5.84. The number of likely N-dealkylation sites (tertiary alicyclic amines) is 1. The number of carbonyl (C=O) groups excluding carboxylic acids is 1. The van der Waals surface area contributed by atoms with Crippen LogP contribution in [-0.2, 0) is 13.1 Å². The normalized spacial score (nSPS) is 14.7. The Kier molecular flexibility index (Phi) is 4.53. The van der Waals surface area contributed by atoms with Crippen LogP contribution in [0.25, 0.3) is 0 Å². The van der Waals surface area contributed by atoms with Gasteiger partial charge in [0, 0.05) is 25.7 Å². The lowest BCUT2D eigenvalue weighted by atomic mass is 10.2. The highest BCUT2D eigenvalue weighted by Crippen LogP contribution is 2.14. The number of amides is 1. The van der Waals surface area contributed by atoms with Crippen molar-refractivity contribution in [2.24, 2.45) is 0 Å². The van der Waals surface area contributed by atoms with Gasteiger partial charge in [-0.05, 0) is 25.5 Å². The fraction of sp³-hybridized carbons (Fsp3) is 0.412. The van der Waals surface area contributed by atoms with E-state index in [2.05, 4.69) is 22.2 Å². The van der Waals surface area contributed by atoms with Crippen molar-refractivity contribution in [3.8, 4) is 0 Å². The maximum absolute atomic E-state index is 12.2. The van der Waals surface area contributed by atoms with Crippen molar-refractivity contribution in [2.75, 3.05) is 20.1 Å². The van der Waals surface area contributed by atoms with E-state index >= 15 is 0 Å². The van der Waals surface area contributed by atoms with Crippen molar-refractivity contribution in [2.45, 2.75) is 25.9 Å². The first-order valence-electron chi connectivity index (χ1n) is 7.70. The van der Waals surface area contributed by atoms with Crippen molar-refractivity contribution in [1.29, 1.82) is 0 Å². The first kappa shape index (κ1) is 14.8. The Morgan fingerprint density at radius 3 is 2.68 bits per heavy atom. The molecule has 0 N–H and O–H groups in total. The van der Waals surface area contributed by atoms with Crippen LogP contribution in [0.3, 0.4) is 0 Å². The van der Waals surface area contributed by atoms with E-state index in [0.29, 0.717) is 12.2 Å². The maximum Gasteiger partial charge on any atom is 0.276 e. The zero-order valence-corrected chi connectivity index (χ0v) is 12.9. The van der Waals surface area contributed by atoms with Gasteiger partial charge in [0.15, 0.2) is 11.5 Å². The minimum Gasteiger partial charge on any atom is -0.359 e. The van der Waals surface area contributed by atoms with E-state index < -0.39 is 0 Å². The second kappa shape index (κ2) is 6.75. The van der Waals surface area contributed by atoms with Gasteiger partial charge in [-0.25, -0.2) is 0 Å². The summed E-state index contributed by atoms with van der Waals surface area (Å²) in [6.07, 6.45) is 2.16. The molecule has 0 saturated carbocycles. The van der Waals surface area contributed by atoms with E-state index in [1.54, 1.807) is 6.07 Å². The number of nitrogens with zero attached hydrogens (tertiary/aromatic N) is 3. The van der Waals surface area contributed by atoms with Gasteiger partial charge < -0.3 is 9.42 Å². The fourth-order valence-electron chi connectivity index (χ4n) is 2.79. The van der Waals surface area contributed by atoms with Crippen LogP contribution >= 0.6 is 0 Å². The molecule has 0 bridgehead atoms. The molecule has 1 aliphatic rings. The molecule has 0 aliphatic carbocycles. The topological polar surface area (TPSA) is 49.6 Å². The Morgan fingerprint density at radius 2 is 1.95 bits per heavy atom. The predicted octanol–water partition coefficient (Wildman–Crippen LogP) is 2.54. The lowest BCUT2D eigenvalue weighted by Crippen LogP contribution is -2.27. The third kappa shape index (κ3) is 3.54. The predicted molar refractivity (Wildman–Crippen MR) is 83.3 cm³/mol. The number of aromatic nitrogens is 1. The molecule has 1 amide bonds. The minimum atomic E-state index is -0.0155. The van der Waals surface area contributed by atoms with E-state index in [4.69, 9.17) is 4.52 Å². The lowest BCUT2D eigenvalue weighted by molar-refractivity contribution is 0.0782. The van der Waals surface area contributed by atoms with Crippen LogP contribution in [0.5, 0.6) is 0 Å². The quantitative estimate of drug-likeness (QED) is 0.851. The van der Waals surface area contributed by atoms with Crippen LogP contribution in [0.1, 0.15) is 34.7 Å². The minimum absolute atomic E-state index is 0.0155. The summed E-state index contributed by atoms with van der Waals surface area (Å²) in [5.74, 6) is 0.708. The summed E-state index contributed by atoms with van der Waals surface area (Å²) in [5.41, 5.74) is 1.67. The summed E-state index contributed by atoms with van der Waals surface area (Å²) in [7, 11) is 2.03. The third-order valence-electron chi connectivity index (χ3n) is 3.89. The molecule has 0 spiro atoms. The highest BCUT2D eigenvalue weighted by atomic mass is 16.5. The molecule has 5 heteroatoms. The van der Waals surface area contributed by atoms with E-state index in [1.807, 2.05) is 30.1 Å². The van der Waals surface area contributed by atoms with Gasteiger partial charge in [0.1, 0.15) is 0 Å². The summed E-state index contributed by atoms with van der Waals surface area (Å²) in [5, 5.41) is 3.93. The van der Waals surface area contributed by atoms with Gasteiger partial charge in [-0.1, -0.05) is 35.5 Å². The van der Waals surface area contributed by atoms with Crippen LogP contribution < -0.4 is 0 Å². The van der Waals surface area contributed by atoms with Crippen molar-refractivity contribution in [3.63, 3.8) is 0 Å². The molecular formula is C17H21N3O2. The molecule has 2 aromatic rings. The average Bonchev–Trinajstić information content (AvgIpc) is 3.19. The van der Waals surface area contributed by atoms with Gasteiger partial charge in [0.25, 0.3) is 5.91 Å². The van der Waals surface area contributed by atoms with Gasteiger partial charge in [-0.3, -0.25) is 9.69 Å². The number of hydrogen-bond donors (Lipinski definition) is 0. The smallest absolute Gasteiger partial charge is 0.276 e. The summed E-state index contributed by atoms with van der Waals surface area (Å²) in [6.45, 7) is 3.12. The standard InChI is InChI=1S/C17H21N3O2/c1-19(12-14-7-3-2-4-8-14)13-15-11-16(18-22-15)17(21)20-9-5-6-10-20/h2-4,7-8,11H,5-6,9-10,12-13H2,1H3. The van der Waals surface area contributed by atoms with Gasteiger partial charge in [0.05, 0.1) is 6.54 Å². The molecule has 1 fully saturated rings. The maximum atomic E-state index is 12.2. The molecule has 1 aliphatic heterocycles. The molecule has 5 nitrogen and oxygen atoms in total. The largest absolute Gasteiger partial charge is 0.359 e. The third-order valence-corrected chi connectivity index (χ3v) is 3.89. The number of hydrogen-bond acceptors (Lipinski definition) is 4. The molecular weight excluding hydrogens is 278 g/mol. The Hall–Kier alpha value is -2.14. The Morgan fingerprint density at radius 1 is 1.23 bits per heavy atom. The molecule has 0 radical (unpaired) electrons. The first-order valence-corrected chi connectivity index (χ1v) is 7.70. The zero-order chi connectivity index (χ0) is 15.4. The summed E-state index contributed by atoms with van der Waals surface area (Å²) in [6, 6.07) is 12.0. The summed E-state index contributed by atoms with van der Waals surface area (Å²) in [4.78, 5) is 16.2. The van der Waals surface area contributed by atoms with E-state index in [9.17, 15) is 4.79 Å². The number of benzene rings is 1. The summed E-state index contributed by atoms with van der Waals surface area (Å²) < 4.78 is 5.31. The molecule has 0 atom stereocenters. The molecule has 1 aromatic carbocycles. The highest BCUT2D eigenvalue weighted by molar-refractivity contribution is 5.92. The van der Waals surface area contributed by atoms with Crippen LogP contribution in [0.4, 0.5) is 0 Å². The average molecular weight is 299 g/mol. The van der Waals surface area contributed by atoms with E-state index in [-0.39, 0.29) is 5.91 Å². The van der Waals surface area contributed by atoms with Gasteiger partial charge in [-0.15, -0.1) is 0 Å². The second-order valence-corrected chi connectivity index (χ2v) is 5.84. The zero-order valence-electron chi connectivity index (χ0n) is 12.9. The van der Waals surface area contributed by atoms with Crippen LogP contribution in [-0.4, -0.2) is 41.0 Å². The van der Waals surface area contributed by atoms with Crippen LogP contribution in [0.2, 0.25) is 0 Å². The van der Waals surface area contributed by atoms with Crippen molar-refractivity contribution < 1.29 is 9.32 Å². The Bertz CT molecular complexity index is 618. The monoisotopic (exact) mass is 299 g/mol. The van der Waals surface area contributed by atoms with Crippen LogP contribution in [0.15, 0.2) is 40.9 Å². The molecule has 0 unspecified atom stereocenters. The van der Waals surface area contributed by atoms with E-state index in [1.165, 1.54) is 5.56 Å². The van der Waals surface area contributed by atoms with Gasteiger partial charge in [0.2, 0.25) is 0 Å². The van der Waals surface area contributed by atoms with Gasteiger partial charge in [-0.2, -0.15) is 0 Å². The Labute approximate surface area is 130 Å². The molecule has 22 heavy (non-hydrogen) atoms. The van der Waals surface area contributed by atoms with E-state index in [0.717, 1.165) is 38.2 Å². The first-order chi connectivity index (χ1) is 10.7. The number of rotatable bonds is 5. The van der Waals surface area contributed by atoms with Crippen molar-refractivity contribution in [1.82, 2.24) is 15.0 Å². The number of carbonyl (C=O) groups is 1. The SMILES string of the molecule is CN(Cc1ccccc1)Cc1cc(C(=O)N2CCCC2)no1. The highest BCUT2D eigenvalue weighted by Gasteiger charge is 2.22. The van der Waals surface area contributed by atoms with Crippen molar-refractivity contribution in [3.05, 3.63) is 53.4 Å². The van der Waals surface area contributed by atoms with Crippen molar-refractivity contribution >= 4 is 5.91 Å². The molecule has 1 aromatic heterocycles. The molecule has 116 valence electrons. The summed E-state index contributed by atoms with van der Waals surface area (Å²) >= 11 is 0. The molecule has 1 saturated heterocycles. The van der Waals surface area contributed by atoms with Gasteiger partial charge >= 0.3 is 0 Å². The lowest BCUT2D eigenvalue weighted by Gasteiger charge is -2.14. The fourth-order valence-corrected chi connectivity index (χ4v) is 2.79. The Balaban J connectivity index is 1.58. The molecule has 3 rings (SSSR count). The molecule has 2 heterocycles.